The van der Waals surface area contributed by atoms with Crippen molar-refractivity contribution < 1.29 is 14.7 Å². The van der Waals surface area contributed by atoms with Crippen LogP contribution in [0, 0.1) is 0 Å². The largest absolute Gasteiger partial charge is 0.381 e. The third kappa shape index (κ3) is 2.07. The van der Waals surface area contributed by atoms with E-state index in [2.05, 4.69) is 15.6 Å². The molecular weight excluding hydrogens is 380 g/mol. The maximum atomic E-state index is 13.6. The molecule has 3 aliphatic rings. The predicted molar refractivity (Wildman–Crippen MR) is 112 cm³/mol. The molecule has 4 N–H and O–H groups in total. The summed E-state index contributed by atoms with van der Waals surface area (Å²) in [5.41, 5.74) is 1.11. The smallest absolute Gasteiger partial charge is 0.248 e. The summed E-state index contributed by atoms with van der Waals surface area (Å²) < 4.78 is 0. The summed E-state index contributed by atoms with van der Waals surface area (Å²) in [7, 11) is 0. The fraction of sp³-hybridized carbons (Fsp3) is 0.304. The monoisotopic (exact) mass is 402 g/mol. The zero-order valence-electron chi connectivity index (χ0n) is 16.5. The van der Waals surface area contributed by atoms with Crippen LogP contribution in [0.3, 0.4) is 0 Å². The van der Waals surface area contributed by atoms with E-state index in [4.69, 9.17) is 0 Å². The number of carbonyl (C=O) groups excluding carboxylic acids is 2. The molecule has 1 aromatic heterocycles. The first-order valence-corrected chi connectivity index (χ1v) is 10.2. The Morgan fingerprint density at radius 3 is 2.73 bits per heavy atom. The fourth-order valence-electron chi connectivity index (χ4n) is 5.53. The number of carbonyl (C=O) groups is 2. The van der Waals surface area contributed by atoms with Crippen LogP contribution in [0.4, 0.5) is 5.69 Å². The molecule has 0 bridgehead atoms. The van der Waals surface area contributed by atoms with Gasteiger partial charge in [0.1, 0.15) is 23.3 Å². The molecule has 0 radical (unpaired) electrons. The Labute approximate surface area is 173 Å². The number of rotatable bonds is 2. The number of anilines is 1. The van der Waals surface area contributed by atoms with Gasteiger partial charge in [0.2, 0.25) is 11.8 Å². The third-order valence-electron chi connectivity index (χ3n) is 6.97. The number of H-pyrrole nitrogens is 1. The summed E-state index contributed by atoms with van der Waals surface area (Å²) in [4.78, 5) is 31.6. The van der Waals surface area contributed by atoms with Crippen molar-refractivity contribution in [2.75, 3.05) is 5.32 Å². The van der Waals surface area contributed by atoms with Crippen LogP contribution in [0.1, 0.15) is 24.5 Å². The van der Waals surface area contributed by atoms with E-state index >= 15 is 0 Å². The molecule has 0 unspecified atom stereocenters. The van der Waals surface area contributed by atoms with Crippen molar-refractivity contribution in [2.45, 2.75) is 43.1 Å². The van der Waals surface area contributed by atoms with E-state index in [1.807, 2.05) is 54.7 Å². The minimum absolute atomic E-state index is 0.159. The summed E-state index contributed by atoms with van der Waals surface area (Å²) in [6, 6.07) is 14.7. The predicted octanol–water partition coefficient (Wildman–Crippen LogP) is 1.84. The van der Waals surface area contributed by atoms with Gasteiger partial charge in [-0.2, -0.15) is 0 Å². The van der Waals surface area contributed by atoms with Crippen molar-refractivity contribution in [3.8, 4) is 0 Å². The fourth-order valence-corrected chi connectivity index (χ4v) is 5.53. The first kappa shape index (κ1) is 17.5. The van der Waals surface area contributed by atoms with Crippen LogP contribution in [0.15, 0.2) is 54.7 Å². The number of para-hydroxylation sites is 2. The maximum absolute atomic E-state index is 13.6. The lowest BCUT2D eigenvalue weighted by molar-refractivity contribution is -0.155. The second-order valence-electron chi connectivity index (χ2n) is 8.77. The highest BCUT2D eigenvalue weighted by atomic mass is 16.3. The van der Waals surface area contributed by atoms with Gasteiger partial charge in [0.25, 0.3) is 0 Å². The molecule has 2 saturated heterocycles. The van der Waals surface area contributed by atoms with Crippen LogP contribution >= 0.6 is 0 Å². The summed E-state index contributed by atoms with van der Waals surface area (Å²) >= 11 is 0. The first-order valence-electron chi connectivity index (χ1n) is 10.2. The lowest BCUT2D eigenvalue weighted by Gasteiger charge is -2.43. The molecule has 0 saturated carbocycles. The van der Waals surface area contributed by atoms with E-state index < -0.39 is 23.3 Å². The minimum Gasteiger partial charge on any atom is -0.381 e. The van der Waals surface area contributed by atoms with E-state index in [0.717, 1.165) is 27.7 Å². The van der Waals surface area contributed by atoms with Gasteiger partial charge in [-0.25, -0.2) is 0 Å². The maximum Gasteiger partial charge on any atom is 0.248 e. The van der Waals surface area contributed by atoms with Crippen molar-refractivity contribution in [3.63, 3.8) is 0 Å². The Bertz CT molecular complexity index is 1220. The van der Waals surface area contributed by atoms with Gasteiger partial charge in [0, 0.05) is 41.2 Å². The average Bonchev–Trinajstić information content (AvgIpc) is 3.33. The average molecular weight is 402 g/mol. The molecule has 3 aliphatic heterocycles. The van der Waals surface area contributed by atoms with Gasteiger partial charge in [-0.1, -0.05) is 36.4 Å². The Morgan fingerprint density at radius 2 is 1.87 bits per heavy atom. The first-order chi connectivity index (χ1) is 14.4. The molecule has 2 aromatic carbocycles. The van der Waals surface area contributed by atoms with Crippen LogP contribution in [0.2, 0.25) is 0 Å². The van der Waals surface area contributed by atoms with Gasteiger partial charge < -0.3 is 25.6 Å². The number of hydrogen-bond donors (Lipinski definition) is 4. The van der Waals surface area contributed by atoms with E-state index in [9.17, 15) is 14.7 Å². The van der Waals surface area contributed by atoms with Gasteiger partial charge in [-0.3, -0.25) is 9.59 Å². The lowest BCUT2D eigenvalue weighted by Crippen LogP contribution is -2.69. The number of amides is 2. The van der Waals surface area contributed by atoms with E-state index in [1.54, 1.807) is 11.8 Å². The highest BCUT2D eigenvalue weighted by Crippen LogP contribution is 2.54. The van der Waals surface area contributed by atoms with Crippen LogP contribution in [0.5, 0.6) is 0 Å². The molecule has 2 amide bonds. The number of piperazine rings is 1. The molecule has 7 heteroatoms. The number of hydrogen-bond acceptors (Lipinski definition) is 4. The Morgan fingerprint density at radius 1 is 1.10 bits per heavy atom. The van der Waals surface area contributed by atoms with Crippen molar-refractivity contribution in [1.82, 2.24) is 15.2 Å². The van der Waals surface area contributed by atoms with Gasteiger partial charge in [0.05, 0.1) is 0 Å². The Hall–Kier alpha value is -3.32. The van der Waals surface area contributed by atoms with E-state index in [-0.39, 0.29) is 18.2 Å². The summed E-state index contributed by atoms with van der Waals surface area (Å²) in [5, 5.41) is 18.8. The molecule has 6 rings (SSSR count). The van der Waals surface area contributed by atoms with Crippen molar-refractivity contribution in [2.24, 2.45) is 0 Å². The number of benzene rings is 2. The zero-order valence-corrected chi connectivity index (χ0v) is 16.5. The minimum atomic E-state index is -1.30. The van der Waals surface area contributed by atoms with Crippen molar-refractivity contribution >= 4 is 28.4 Å². The highest BCUT2D eigenvalue weighted by molar-refractivity contribution is 6.01. The number of fused-ring (bicyclic) bond motifs is 6. The normalized spacial score (nSPS) is 31.9. The summed E-state index contributed by atoms with van der Waals surface area (Å²) in [6.45, 7) is 1.74. The van der Waals surface area contributed by atoms with Crippen LogP contribution in [-0.2, 0) is 21.6 Å². The number of aromatic amines is 1. The van der Waals surface area contributed by atoms with Gasteiger partial charge in [0.15, 0.2) is 0 Å². The SMILES string of the molecule is C[C@@]12C[C@]3(O)c4ccccc4N[C@@H]3N1C(=O)[C@H](Cc1c[nH]c3ccccc13)NC2=O. The Kier molecular flexibility index (Phi) is 3.29. The molecule has 4 heterocycles. The molecule has 3 aromatic rings. The number of nitrogens with zero attached hydrogens (tertiary/aromatic N) is 1. The molecule has 4 atom stereocenters. The van der Waals surface area contributed by atoms with E-state index in [0.29, 0.717) is 6.42 Å². The molecule has 2 fully saturated rings. The van der Waals surface area contributed by atoms with Crippen LogP contribution < -0.4 is 10.6 Å². The lowest BCUT2D eigenvalue weighted by atomic mass is 9.84. The van der Waals surface area contributed by atoms with Crippen molar-refractivity contribution in [3.05, 3.63) is 65.9 Å². The van der Waals surface area contributed by atoms with Crippen LogP contribution in [-0.4, -0.2) is 44.6 Å². The second kappa shape index (κ2) is 5.64. The highest BCUT2D eigenvalue weighted by Gasteiger charge is 2.67. The van der Waals surface area contributed by atoms with E-state index in [1.165, 1.54) is 0 Å². The molecule has 0 spiro atoms. The molecule has 152 valence electrons. The number of aromatic nitrogens is 1. The van der Waals surface area contributed by atoms with Crippen molar-refractivity contribution in [1.29, 1.82) is 0 Å². The van der Waals surface area contributed by atoms with Gasteiger partial charge >= 0.3 is 0 Å². The Balaban J connectivity index is 1.38. The number of aliphatic hydroxyl groups is 1. The summed E-state index contributed by atoms with van der Waals surface area (Å²) in [5.74, 6) is -0.405. The molecule has 30 heavy (non-hydrogen) atoms. The van der Waals surface area contributed by atoms with Crippen LogP contribution in [0.25, 0.3) is 10.9 Å². The number of nitrogens with one attached hydrogen (secondary N) is 3. The molecule has 0 aliphatic carbocycles. The quantitative estimate of drug-likeness (QED) is 0.526. The summed E-state index contributed by atoms with van der Waals surface area (Å²) in [6.07, 6.45) is 1.77. The third-order valence-corrected chi connectivity index (χ3v) is 6.97. The zero-order chi connectivity index (χ0) is 20.7. The standard InChI is InChI=1S/C23H22N4O3/c1-22-12-23(30)15-7-3-5-9-17(15)25-20(23)27(22)19(28)18(26-21(22)29)10-13-11-24-16-8-4-2-6-14(13)16/h2-9,11,18,20,24-25,30H,10,12H2,1H3,(H,26,29)/t18-,20+,22-,23-/m0/s1. The van der Waals surface area contributed by atoms with Gasteiger partial charge in [-0.15, -0.1) is 0 Å². The second-order valence-corrected chi connectivity index (χ2v) is 8.77. The topological polar surface area (TPSA) is 97.5 Å². The van der Waals surface area contributed by atoms with Gasteiger partial charge in [-0.05, 0) is 24.6 Å². The molecular formula is C23H22N4O3. The molecule has 7 nitrogen and oxygen atoms in total.